The van der Waals surface area contributed by atoms with Crippen molar-refractivity contribution in [1.82, 2.24) is 9.97 Å². The highest BCUT2D eigenvalue weighted by molar-refractivity contribution is 5.76. The van der Waals surface area contributed by atoms with Gasteiger partial charge in [-0.2, -0.15) is 0 Å². The molecule has 0 spiro atoms. The lowest BCUT2D eigenvalue weighted by Crippen LogP contribution is -1.92. The molecule has 0 aliphatic heterocycles. The fourth-order valence-electron chi connectivity index (χ4n) is 2.69. The molecule has 2 aromatic carbocycles. The Morgan fingerprint density at radius 3 is 2.36 bits per heavy atom. The molecule has 0 bridgehead atoms. The Morgan fingerprint density at radius 1 is 0.760 bits per heavy atom. The van der Waals surface area contributed by atoms with Crippen molar-refractivity contribution in [2.75, 3.05) is 14.2 Å². The molecule has 0 fully saturated rings. The van der Waals surface area contributed by atoms with Gasteiger partial charge in [0.2, 0.25) is 5.89 Å². The Bertz CT molecular complexity index is 1010. The lowest BCUT2D eigenvalue weighted by atomic mass is 10.1. The van der Waals surface area contributed by atoms with Crippen LogP contribution < -0.4 is 9.47 Å². The van der Waals surface area contributed by atoms with Crippen molar-refractivity contribution < 1.29 is 13.9 Å². The summed E-state index contributed by atoms with van der Waals surface area (Å²) in [6.07, 6.45) is 0. The fourth-order valence-corrected chi connectivity index (χ4v) is 2.69. The lowest BCUT2D eigenvalue weighted by molar-refractivity contribution is 0.355. The third kappa shape index (κ3) is 2.80. The van der Waals surface area contributed by atoms with Gasteiger partial charge in [-0.15, -0.1) is 0 Å². The summed E-state index contributed by atoms with van der Waals surface area (Å²) in [5.41, 5.74) is 3.98. The number of fused-ring (bicyclic) bond motifs is 1. The molecule has 0 aliphatic rings. The maximum absolute atomic E-state index is 5.81. The van der Waals surface area contributed by atoms with Crippen molar-refractivity contribution in [2.24, 2.45) is 0 Å². The number of ether oxygens (including phenoxy) is 2. The van der Waals surface area contributed by atoms with Gasteiger partial charge in [-0.1, -0.05) is 18.2 Å². The first-order valence-corrected chi connectivity index (χ1v) is 7.84. The quantitative estimate of drug-likeness (QED) is 0.548. The van der Waals surface area contributed by atoms with E-state index in [1.165, 1.54) is 0 Å². The van der Waals surface area contributed by atoms with E-state index in [0.717, 1.165) is 22.4 Å². The van der Waals surface area contributed by atoms with Crippen LogP contribution in [0.3, 0.4) is 0 Å². The summed E-state index contributed by atoms with van der Waals surface area (Å²) in [7, 11) is 3.23. The molecule has 0 aliphatic carbocycles. The molecule has 0 saturated heterocycles. The number of para-hydroxylation sites is 2. The standard InChI is InChI=1S/C20H16N2O3/c1-23-18-11-10-13(12-19(18)24-2)14-7-5-8-16(21-14)20-22-15-6-3-4-9-17(15)25-20/h3-12H,1-2H3. The van der Waals surface area contributed by atoms with Crippen LogP contribution in [0, 0.1) is 0 Å². The number of benzene rings is 2. The van der Waals surface area contributed by atoms with Gasteiger partial charge in [0.05, 0.1) is 19.9 Å². The number of nitrogens with zero attached hydrogens (tertiary/aromatic N) is 2. The smallest absolute Gasteiger partial charge is 0.246 e. The van der Waals surface area contributed by atoms with Gasteiger partial charge >= 0.3 is 0 Å². The zero-order chi connectivity index (χ0) is 17.2. The number of rotatable bonds is 4. The number of oxazole rings is 1. The predicted octanol–water partition coefficient (Wildman–Crippen LogP) is 4.57. The lowest BCUT2D eigenvalue weighted by Gasteiger charge is -2.09. The first kappa shape index (κ1) is 15.2. The Kier molecular flexibility index (Phi) is 3.82. The maximum atomic E-state index is 5.81. The summed E-state index contributed by atoms with van der Waals surface area (Å²) in [6, 6.07) is 19.1. The molecule has 0 N–H and O–H groups in total. The summed E-state index contributed by atoms with van der Waals surface area (Å²) < 4.78 is 16.5. The van der Waals surface area contributed by atoms with Gasteiger partial charge in [-0.25, -0.2) is 9.97 Å². The van der Waals surface area contributed by atoms with Gasteiger partial charge in [-0.3, -0.25) is 0 Å². The van der Waals surface area contributed by atoms with Crippen LogP contribution in [0.4, 0.5) is 0 Å². The first-order valence-electron chi connectivity index (χ1n) is 7.84. The van der Waals surface area contributed by atoms with Gasteiger partial charge < -0.3 is 13.9 Å². The molecule has 2 heterocycles. The van der Waals surface area contributed by atoms with Crippen molar-refractivity contribution in [1.29, 1.82) is 0 Å². The highest BCUT2D eigenvalue weighted by Gasteiger charge is 2.12. The second-order valence-corrected chi connectivity index (χ2v) is 5.46. The van der Waals surface area contributed by atoms with E-state index in [0.29, 0.717) is 23.1 Å². The Morgan fingerprint density at radius 2 is 1.56 bits per heavy atom. The van der Waals surface area contributed by atoms with Crippen molar-refractivity contribution in [2.45, 2.75) is 0 Å². The Balaban J connectivity index is 1.76. The first-order chi connectivity index (χ1) is 12.3. The second-order valence-electron chi connectivity index (χ2n) is 5.46. The van der Waals surface area contributed by atoms with E-state index >= 15 is 0 Å². The number of hydrogen-bond donors (Lipinski definition) is 0. The largest absolute Gasteiger partial charge is 0.493 e. The molecule has 25 heavy (non-hydrogen) atoms. The number of hydrogen-bond acceptors (Lipinski definition) is 5. The molecule has 124 valence electrons. The Hall–Kier alpha value is -3.34. The molecular weight excluding hydrogens is 316 g/mol. The minimum atomic E-state index is 0.503. The maximum Gasteiger partial charge on any atom is 0.246 e. The third-order valence-electron chi connectivity index (χ3n) is 3.94. The van der Waals surface area contributed by atoms with Crippen LogP contribution in [0.5, 0.6) is 11.5 Å². The van der Waals surface area contributed by atoms with E-state index in [9.17, 15) is 0 Å². The fraction of sp³-hybridized carbons (Fsp3) is 0.100. The molecule has 5 heteroatoms. The molecular formula is C20H16N2O3. The van der Waals surface area contributed by atoms with E-state index < -0.39 is 0 Å². The summed E-state index contributed by atoms with van der Waals surface area (Å²) in [4.78, 5) is 9.19. The summed E-state index contributed by atoms with van der Waals surface area (Å²) in [6.45, 7) is 0. The minimum Gasteiger partial charge on any atom is -0.493 e. The number of pyridine rings is 1. The van der Waals surface area contributed by atoms with Gasteiger partial charge in [0.1, 0.15) is 11.2 Å². The van der Waals surface area contributed by atoms with E-state index in [1.54, 1.807) is 14.2 Å². The normalized spacial score (nSPS) is 10.8. The van der Waals surface area contributed by atoms with Crippen LogP contribution >= 0.6 is 0 Å². The van der Waals surface area contributed by atoms with E-state index in [-0.39, 0.29) is 0 Å². The molecule has 4 aromatic rings. The van der Waals surface area contributed by atoms with Gasteiger partial charge in [0.15, 0.2) is 17.1 Å². The SMILES string of the molecule is COc1ccc(-c2cccc(-c3nc4ccccc4o3)n2)cc1OC. The van der Waals surface area contributed by atoms with Crippen molar-refractivity contribution in [3.05, 3.63) is 60.7 Å². The van der Waals surface area contributed by atoms with E-state index in [2.05, 4.69) is 9.97 Å². The van der Waals surface area contributed by atoms with Crippen LogP contribution in [-0.4, -0.2) is 24.2 Å². The Labute approximate surface area is 144 Å². The molecule has 0 atom stereocenters. The molecule has 0 radical (unpaired) electrons. The highest BCUT2D eigenvalue weighted by Crippen LogP contribution is 2.32. The molecule has 0 amide bonds. The van der Waals surface area contributed by atoms with E-state index in [1.807, 2.05) is 60.7 Å². The number of aromatic nitrogens is 2. The summed E-state index contributed by atoms with van der Waals surface area (Å²) >= 11 is 0. The summed E-state index contributed by atoms with van der Waals surface area (Å²) in [5.74, 6) is 1.85. The average molecular weight is 332 g/mol. The summed E-state index contributed by atoms with van der Waals surface area (Å²) in [5, 5.41) is 0. The van der Waals surface area contributed by atoms with Crippen LogP contribution in [0.15, 0.2) is 65.1 Å². The van der Waals surface area contributed by atoms with Gasteiger partial charge in [0, 0.05) is 5.56 Å². The van der Waals surface area contributed by atoms with Crippen molar-refractivity contribution in [3.63, 3.8) is 0 Å². The van der Waals surface area contributed by atoms with Gasteiger partial charge in [0.25, 0.3) is 0 Å². The van der Waals surface area contributed by atoms with Gasteiger partial charge in [-0.05, 0) is 42.5 Å². The molecule has 5 nitrogen and oxygen atoms in total. The van der Waals surface area contributed by atoms with Crippen molar-refractivity contribution >= 4 is 11.1 Å². The van der Waals surface area contributed by atoms with Crippen LogP contribution in [-0.2, 0) is 0 Å². The molecule has 2 aromatic heterocycles. The van der Waals surface area contributed by atoms with Crippen molar-refractivity contribution in [3.8, 4) is 34.3 Å². The van der Waals surface area contributed by atoms with E-state index in [4.69, 9.17) is 13.9 Å². The van der Waals surface area contributed by atoms with Crippen LogP contribution in [0.1, 0.15) is 0 Å². The number of methoxy groups -OCH3 is 2. The minimum absolute atomic E-state index is 0.503. The monoisotopic (exact) mass is 332 g/mol. The molecule has 0 saturated carbocycles. The zero-order valence-corrected chi connectivity index (χ0v) is 13.9. The molecule has 4 rings (SSSR count). The third-order valence-corrected chi connectivity index (χ3v) is 3.94. The molecule has 0 unspecified atom stereocenters. The highest BCUT2D eigenvalue weighted by atomic mass is 16.5. The predicted molar refractivity (Wildman–Crippen MR) is 95.8 cm³/mol. The average Bonchev–Trinajstić information content (AvgIpc) is 3.12. The topological polar surface area (TPSA) is 57.4 Å². The zero-order valence-electron chi connectivity index (χ0n) is 13.9. The van der Waals surface area contributed by atoms with Crippen LogP contribution in [0.2, 0.25) is 0 Å². The van der Waals surface area contributed by atoms with Crippen LogP contribution in [0.25, 0.3) is 33.9 Å². The second kappa shape index (κ2) is 6.28.